The summed E-state index contributed by atoms with van der Waals surface area (Å²) in [5.41, 5.74) is 7.71. The van der Waals surface area contributed by atoms with Crippen LogP contribution < -0.4 is 10.9 Å². The molecule has 6 heteroatoms. The highest BCUT2D eigenvalue weighted by Crippen LogP contribution is 2.19. The normalized spacial score (nSPS) is 10.2. The number of carbonyl (C=O) groups is 1. The van der Waals surface area contributed by atoms with Gasteiger partial charge >= 0.3 is 0 Å². The molecule has 5 nitrogen and oxygen atoms in total. The number of rotatable bonds is 4. The highest BCUT2D eigenvalue weighted by atomic mass is 35.5. The first-order valence-corrected chi connectivity index (χ1v) is 7.72. The molecule has 0 radical (unpaired) electrons. The zero-order valence-electron chi connectivity index (χ0n) is 13.0. The summed E-state index contributed by atoms with van der Waals surface area (Å²) in [5, 5.41) is 0.582. The summed E-state index contributed by atoms with van der Waals surface area (Å²) in [7, 11) is 0. The van der Waals surface area contributed by atoms with E-state index in [1.165, 1.54) is 0 Å². The number of nitrogens with one attached hydrogen (secondary N) is 2. The van der Waals surface area contributed by atoms with Gasteiger partial charge < -0.3 is 0 Å². The fourth-order valence-corrected chi connectivity index (χ4v) is 2.31. The molecule has 1 heterocycles. The summed E-state index contributed by atoms with van der Waals surface area (Å²) in [6.45, 7) is 1.80. The summed E-state index contributed by atoms with van der Waals surface area (Å²) < 4.78 is 0. The van der Waals surface area contributed by atoms with Crippen LogP contribution in [-0.2, 0) is 0 Å². The Morgan fingerprint density at radius 2 is 1.71 bits per heavy atom. The fraction of sp³-hybridized carbons (Fsp3) is 0.0556. The summed E-state index contributed by atoms with van der Waals surface area (Å²) in [6, 6.07) is 18.2. The number of amides is 1. The fourth-order valence-electron chi connectivity index (χ4n) is 2.18. The van der Waals surface area contributed by atoms with Crippen LogP contribution in [0.4, 0.5) is 5.82 Å². The Morgan fingerprint density at radius 3 is 2.42 bits per heavy atom. The first-order chi connectivity index (χ1) is 11.6. The Morgan fingerprint density at radius 1 is 1.00 bits per heavy atom. The maximum atomic E-state index is 12.1. The quantitative estimate of drug-likeness (QED) is 0.709. The van der Waals surface area contributed by atoms with Gasteiger partial charge in [-0.2, -0.15) is 0 Å². The van der Waals surface area contributed by atoms with E-state index >= 15 is 0 Å². The van der Waals surface area contributed by atoms with E-state index in [4.69, 9.17) is 11.6 Å². The van der Waals surface area contributed by atoms with Crippen LogP contribution >= 0.6 is 11.6 Å². The minimum Gasteiger partial charge on any atom is -0.281 e. The summed E-state index contributed by atoms with van der Waals surface area (Å²) in [4.78, 5) is 20.8. The summed E-state index contributed by atoms with van der Waals surface area (Å²) in [5.74, 6) is 0.854. The van der Waals surface area contributed by atoms with E-state index in [0.717, 1.165) is 11.3 Å². The molecule has 2 N–H and O–H groups in total. The van der Waals surface area contributed by atoms with Crippen molar-refractivity contribution >= 4 is 23.3 Å². The summed E-state index contributed by atoms with van der Waals surface area (Å²) >= 11 is 5.82. The second kappa shape index (κ2) is 7.10. The summed E-state index contributed by atoms with van der Waals surface area (Å²) in [6.07, 6.45) is 0. The van der Waals surface area contributed by atoms with Gasteiger partial charge in [-0.25, -0.2) is 9.97 Å². The molecule has 0 atom stereocenters. The van der Waals surface area contributed by atoms with Crippen molar-refractivity contribution in [1.82, 2.24) is 15.4 Å². The van der Waals surface area contributed by atoms with E-state index in [-0.39, 0.29) is 5.91 Å². The van der Waals surface area contributed by atoms with Crippen LogP contribution in [0.1, 0.15) is 16.2 Å². The van der Waals surface area contributed by atoms with Gasteiger partial charge in [0.1, 0.15) is 11.6 Å². The lowest BCUT2D eigenvalue weighted by Gasteiger charge is -2.10. The highest BCUT2D eigenvalue weighted by molar-refractivity contribution is 6.30. The number of aryl methyl sites for hydroxylation is 1. The number of anilines is 1. The van der Waals surface area contributed by atoms with E-state index in [1.807, 2.05) is 30.3 Å². The number of aromatic nitrogens is 2. The molecular weight excluding hydrogens is 324 g/mol. The van der Waals surface area contributed by atoms with Gasteiger partial charge in [-0.1, -0.05) is 41.9 Å². The van der Waals surface area contributed by atoms with Gasteiger partial charge in [0.05, 0.1) is 5.69 Å². The molecule has 0 aliphatic rings. The average Bonchev–Trinajstić information content (AvgIpc) is 2.60. The predicted molar refractivity (Wildman–Crippen MR) is 94.7 cm³/mol. The number of benzene rings is 2. The molecule has 120 valence electrons. The third kappa shape index (κ3) is 3.88. The zero-order chi connectivity index (χ0) is 16.9. The zero-order valence-corrected chi connectivity index (χ0v) is 13.7. The first kappa shape index (κ1) is 16.0. The van der Waals surface area contributed by atoms with Crippen molar-refractivity contribution in [3.8, 4) is 11.3 Å². The second-order valence-electron chi connectivity index (χ2n) is 5.14. The molecule has 0 aliphatic heterocycles. The maximum Gasteiger partial charge on any atom is 0.269 e. The highest BCUT2D eigenvalue weighted by Gasteiger charge is 2.07. The molecule has 3 aromatic rings. The standard InChI is InChI=1S/C18H15ClN4O/c1-12-20-16(13-5-3-2-4-6-13)11-17(21-12)22-23-18(24)14-7-9-15(19)10-8-14/h2-11H,1H3,(H,23,24)(H,20,21,22). The van der Waals surface area contributed by atoms with E-state index < -0.39 is 0 Å². The maximum absolute atomic E-state index is 12.1. The van der Waals surface area contributed by atoms with E-state index in [9.17, 15) is 4.79 Å². The average molecular weight is 339 g/mol. The van der Waals surface area contributed by atoms with E-state index in [2.05, 4.69) is 20.8 Å². The Balaban J connectivity index is 1.74. The molecule has 0 fully saturated rings. The van der Waals surface area contributed by atoms with E-state index in [1.54, 1.807) is 37.3 Å². The van der Waals surface area contributed by atoms with Gasteiger partial charge in [-0.15, -0.1) is 0 Å². The van der Waals surface area contributed by atoms with Crippen molar-refractivity contribution < 1.29 is 4.79 Å². The molecule has 3 rings (SSSR count). The molecule has 1 amide bonds. The van der Waals surface area contributed by atoms with Gasteiger partial charge in [-0.05, 0) is 31.2 Å². The number of nitrogens with zero attached hydrogens (tertiary/aromatic N) is 2. The lowest BCUT2D eigenvalue weighted by Crippen LogP contribution is -2.29. The second-order valence-corrected chi connectivity index (χ2v) is 5.57. The minimum absolute atomic E-state index is 0.274. The molecular formula is C18H15ClN4O. The van der Waals surface area contributed by atoms with Gasteiger partial charge in [0.25, 0.3) is 5.91 Å². The van der Waals surface area contributed by atoms with Crippen LogP contribution in [-0.4, -0.2) is 15.9 Å². The molecule has 24 heavy (non-hydrogen) atoms. The third-order valence-electron chi connectivity index (χ3n) is 3.32. The molecule has 0 spiro atoms. The molecule has 1 aromatic heterocycles. The van der Waals surface area contributed by atoms with Gasteiger partial charge in [0, 0.05) is 22.2 Å². The third-order valence-corrected chi connectivity index (χ3v) is 3.57. The van der Waals surface area contributed by atoms with Gasteiger partial charge in [-0.3, -0.25) is 15.6 Å². The largest absolute Gasteiger partial charge is 0.281 e. The van der Waals surface area contributed by atoms with Crippen LogP contribution in [0.3, 0.4) is 0 Å². The smallest absolute Gasteiger partial charge is 0.269 e. The van der Waals surface area contributed by atoms with Gasteiger partial charge in [0.15, 0.2) is 0 Å². The number of hydrazine groups is 1. The molecule has 2 aromatic carbocycles. The Bertz CT molecular complexity index is 851. The predicted octanol–water partition coefficient (Wildman–Crippen LogP) is 3.86. The van der Waals surface area contributed by atoms with Crippen LogP contribution in [0.25, 0.3) is 11.3 Å². The SMILES string of the molecule is Cc1nc(NNC(=O)c2ccc(Cl)cc2)cc(-c2ccccc2)n1. The van der Waals surface area contributed by atoms with Crippen LogP contribution in [0.15, 0.2) is 60.7 Å². The van der Waals surface area contributed by atoms with Crippen molar-refractivity contribution in [2.75, 3.05) is 5.43 Å². The number of carbonyl (C=O) groups excluding carboxylic acids is 1. The van der Waals surface area contributed by atoms with Crippen molar-refractivity contribution in [3.05, 3.63) is 77.1 Å². The molecule has 0 bridgehead atoms. The molecule has 0 saturated carbocycles. The lowest BCUT2D eigenvalue weighted by atomic mass is 10.1. The molecule has 0 saturated heterocycles. The van der Waals surface area contributed by atoms with Crippen molar-refractivity contribution in [2.24, 2.45) is 0 Å². The lowest BCUT2D eigenvalue weighted by molar-refractivity contribution is 0.0962. The van der Waals surface area contributed by atoms with Crippen LogP contribution in [0.5, 0.6) is 0 Å². The Kier molecular flexibility index (Phi) is 4.72. The minimum atomic E-state index is -0.274. The topological polar surface area (TPSA) is 66.9 Å². The van der Waals surface area contributed by atoms with Crippen molar-refractivity contribution in [2.45, 2.75) is 6.92 Å². The first-order valence-electron chi connectivity index (χ1n) is 7.35. The van der Waals surface area contributed by atoms with Crippen LogP contribution in [0, 0.1) is 6.92 Å². The molecule has 0 unspecified atom stereocenters. The number of hydrogen-bond acceptors (Lipinski definition) is 4. The van der Waals surface area contributed by atoms with Crippen LogP contribution in [0.2, 0.25) is 5.02 Å². The number of hydrogen-bond donors (Lipinski definition) is 2. The Hall–Kier alpha value is -2.92. The Labute approximate surface area is 144 Å². The van der Waals surface area contributed by atoms with E-state index in [0.29, 0.717) is 22.2 Å². The van der Waals surface area contributed by atoms with Crippen molar-refractivity contribution in [3.63, 3.8) is 0 Å². The van der Waals surface area contributed by atoms with Gasteiger partial charge in [0.2, 0.25) is 0 Å². The monoisotopic (exact) mass is 338 g/mol. The number of halogens is 1. The van der Waals surface area contributed by atoms with Crippen molar-refractivity contribution in [1.29, 1.82) is 0 Å². The molecule has 0 aliphatic carbocycles.